The molecule has 0 aliphatic rings. The van der Waals surface area contributed by atoms with Crippen molar-refractivity contribution in [3.8, 4) is 22.8 Å². The number of hydrogen-bond acceptors (Lipinski definition) is 5. The highest BCUT2D eigenvalue weighted by Crippen LogP contribution is 2.34. The van der Waals surface area contributed by atoms with Gasteiger partial charge in [0.1, 0.15) is 5.75 Å². The van der Waals surface area contributed by atoms with Crippen molar-refractivity contribution in [1.29, 1.82) is 0 Å². The Morgan fingerprint density at radius 2 is 1.70 bits per heavy atom. The summed E-state index contributed by atoms with van der Waals surface area (Å²) in [4.78, 5) is 3.43. The van der Waals surface area contributed by atoms with Gasteiger partial charge in [0, 0.05) is 0 Å². The first-order valence-electron chi connectivity index (χ1n) is 7.42. The predicted molar refractivity (Wildman–Crippen MR) is 89.7 cm³/mol. The molecule has 1 heterocycles. The summed E-state index contributed by atoms with van der Waals surface area (Å²) in [5.74, 6) is -1.14. The number of sulfonamides is 1. The number of benzene rings is 2. The molecule has 0 atom stereocenters. The molecule has 3 aromatic rings. The third kappa shape index (κ3) is 3.78. The van der Waals surface area contributed by atoms with Crippen molar-refractivity contribution in [3.63, 3.8) is 0 Å². The number of aromatic nitrogens is 3. The van der Waals surface area contributed by atoms with Crippen molar-refractivity contribution in [3.05, 3.63) is 54.4 Å². The maximum Gasteiger partial charge on any atom is 0.453 e. The van der Waals surface area contributed by atoms with Crippen LogP contribution in [0.3, 0.4) is 0 Å². The van der Waals surface area contributed by atoms with Crippen molar-refractivity contribution < 1.29 is 26.3 Å². The molecule has 0 aliphatic heterocycles. The van der Waals surface area contributed by atoms with Crippen LogP contribution in [0.25, 0.3) is 17.1 Å². The number of halogens is 3. The lowest BCUT2D eigenvalue weighted by molar-refractivity contribution is -0.144. The summed E-state index contributed by atoms with van der Waals surface area (Å²) < 4.78 is 68.3. The number of para-hydroxylation sites is 1. The first kappa shape index (κ1) is 18.9. The summed E-state index contributed by atoms with van der Waals surface area (Å²) in [5.41, 5.74) is 0.463. The predicted octanol–water partition coefficient (Wildman–Crippen LogP) is 2.61. The number of nitrogens with zero attached hydrogens (tertiary/aromatic N) is 3. The molecule has 27 heavy (non-hydrogen) atoms. The van der Waals surface area contributed by atoms with Gasteiger partial charge in [0.25, 0.3) is 5.82 Å². The molecule has 2 aromatic carbocycles. The second-order valence-corrected chi connectivity index (χ2v) is 6.97. The lowest BCUT2D eigenvalue weighted by Gasteiger charge is -2.10. The largest absolute Gasteiger partial charge is 0.496 e. The number of methoxy groups -OCH3 is 1. The van der Waals surface area contributed by atoms with Crippen LogP contribution in [-0.4, -0.2) is 30.3 Å². The van der Waals surface area contributed by atoms with E-state index >= 15 is 0 Å². The van der Waals surface area contributed by atoms with E-state index in [1.165, 1.54) is 37.4 Å². The zero-order chi connectivity index (χ0) is 19.8. The topological polar surface area (TPSA) is 100 Å². The van der Waals surface area contributed by atoms with Gasteiger partial charge in [-0.25, -0.2) is 23.2 Å². The van der Waals surface area contributed by atoms with Gasteiger partial charge in [0.2, 0.25) is 10.0 Å². The molecule has 3 rings (SSSR count). The standard InChI is InChI=1S/C16H13F3N4O3S/c1-26-13-5-3-2-4-12(13)14-21-15(16(17,18)19)22-23(14)10-6-8-11(9-7-10)27(20,24)25/h2-9H,1H3,(H2,20,24,25). The SMILES string of the molecule is COc1ccccc1-c1nc(C(F)(F)F)nn1-c1ccc(S(N)(=O)=O)cc1. The normalized spacial score (nSPS) is 12.2. The lowest BCUT2D eigenvalue weighted by atomic mass is 10.2. The molecular formula is C16H13F3N4O3S. The van der Waals surface area contributed by atoms with Gasteiger partial charge in [0.05, 0.1) is 23.3 Å². The molecule has 0 saturated carbocycles. The fourth-order valence-electron chi connectivity index (χ4n) is 2.39. The Morgan fingerprint density at radius 3 is 2.26 bits per heavy atom. The number of hydrogen-bond donors (Lipinski definition) is 1. The molecule has 0 spiro atoms. The first-order valence-corrected chi connectivity index (χ1v) is 8.97. The highest BCUT2D eigenvalue weighted by Gasteiger charge is 2.37. The Labute approximate surface area is 152 Å². The second-order valence-electron chi connectivity index (χ2n) is 5.41. The number of alkyl halides is 3. The minimum Gasteiger partial charge on any atom is -0.496 e. The first-order chi connectivity index (χ1) is 12.6. The van der Waals surface area contributed by atoms with Gasteiger partial charge in [-0.3, -0.25) is 0 Å². The maximum absolute atomic E-state index is 13.2. The summed E-state index contributed by atoms with van der Waals surface area (Å²) in [6, 6.07) is 11.3. The Bertz CT molecular complexity index is 1080. The molecule has 0 amide bonds. The van der Waals surface area contributed by atoms with E-state index in [4.69, 9.17) is 9.88 Å². The van der Waals surface area contributed by atoms with Crippen molar-refractivity contribution in [2.24, 2.45) is 5.14 Å². The molecule has 1 aromatic heterocycles. The second kappa shape index (κ2) is 6.67. The number of rotatable bonds is 4. The van der Waals surface area contributed by atoms with E-state index in [1.807, 2.05) is 0 Å². The summed E-state index contributed by atoms with van der Waals surface area (Å²) >= 11 is 0. The van der Waals surface area contributed by atoms with Crippen molar-refractivity contribution >= 4 is 10.0 Å². The van der Waals surface area contributed by atoms with Gasteiger partial charge < -0.3 is 4.74 Å². The quantitative estimate of drug-likeness (QED) is 0.728. The van der Waals surface area contributed by atoms with Gasteiger partial charge in [0.15, 0.2) is 5.82 Å². The van der Waals surface area contributed by atoms with Gasteiger partial charge in [-0.05, 0) is 36.4 Å². The number of ether oxygens (including phenoxy) is 1. The molecule has 0 unspecified atom stereocenters. The summed E-state index contributed by atoms with van der Waals surface area (Å²) in [5, 5.41) is 8.58. The van der Waals surface area contributed by atoms with Crippen LogP contribution in [0.2, 0.25) is 0 Å². The third-order valence-electron chi connectivity index (χ3n) is 3.62. The highest BCUT2D eigenvalue weighted by atomic mass is 32.2. The van der Waals surface area contributed by atoms with Crippen molar-refractivity contribution in [1.82, 2.24) is 14.8 Å². The Hall–Kier alpha value is -2.92. The summed E-state index contributed by atoms with van der Waals surface area (Å²) in [6.45, 7) is 0. The van der Waals surface area contributed by atoms with Crippen LogP contribution in [-0.2, 0) is 16.2 Å². The smallest absolute Gasteiger partial charge is 0.453 e. The molecule has 2 N–H and O–H groups in total. The monoisotopic (exact) mass is 398 g/mol. The van der Waals surface area contributed by atoms with E-state index in [2.05, 4.69) is 10.1 Å². The fraction of sp³-hybridized carbons (Fsp3) is 0.125. The molecule has 11 heteroatoms. The van der Waals surface area contributed by atoms with Gasteiger partial charge in [-0.1, -0.05) is 12.1 Å². The molecular weight excluding hydrogens is 385 g/mol. The van der Waals surface area contributed by atoms with Crippen LogP contribution >= 0.6 is 0 Å². The highest BCUT2D eigenvalue weighted by molar-refractivity contribution is 7.89. The lowest BCUT2D eigenvalue weighted by Crippen LogP contribution is -2.12. The maximum atomic E-state index is 13.2. The van der Waals surface area contributed by atoms with Crippen LogP contribution in [0.5, 0.6) is 5.75 Å². The Kier molecular flexibility index (Phi) is 4.66. The van der Waals surface area contributed by atoms with Crippen LogP contribution in [0.1, 0.15) is 5.82 Å². The number of primary sulfonamides is 1. The zero-order valence-corrected chi connectivity index (χ0v) is 14.6. The molecule has 7 nitrogen and oxygen atoms in total. The van der Waals surface area contributed by atoms with E-state index in [-0.39, 0.29) is 16.4 Å². The van der Waals surface area contributed by atoms with E-state index in [0.717, 1.165) is 4.68 Å². The van der Waals surface area contributed by atoms with Gasteiger partial charge in [-0.15, -0.1) is 5.10 Å². The van der Waals surface area contributed by atoms with E-state index < -0.39 is 22.0 Å². The summed E-state index contributed by atoms with van der Waals surface area (Å²) in [6.07, 6.45) is -4.76. The van der Waals surface area contributed by atoms with Crippen LogP contribution < -0.4 is 9.88 Å². The van der Waals surface area contributed by atoms with Gasteiger partial charge >= 0.3 is 6.18 Å². The Balaban J connectivity index is 2.21. The fourth-order valence-corrected chi connectivity index (χ4v) is 2.91. The molecule has 0 bridgehead atoms. The average molecular weight is 398 g/mol. The third-order valence-corrected chi connectivity index (χ3v) is 4.55. The van der Waals surface area contributed by atoms with Crippen LogP contribution in [0.15, 0.2) is 53.4 Å². The van der Waals surface area contributed by atoms with E-state index in [9.17, 15) is 21.6 Å². The van der Waals surface area contributed by atoms with Crippen LogP contribution in [0.4, 0.5) is 13.2 Å². The Morgan fingerprint density at radius 1 is 1.07 bits per heavy atom. The van der Waals surface area contributed by atoms with Crippen LogP contribution in [0, 0.1) is 0 Å². The molecule has 0 fully saturated rings. The zero-order valence-electron chi connectivity index (χ0n) is 13.8. The average Bonchev–Trinajstić information content (AvgIpc) is 3.06. The minimum absolute atomic E-state index is 0.108. The van der Waals surface area contributed by atoms with E-state index in [1.54, 1.807) is 18.2 Å². The van der Waals surface area contributed by atoms with Crippen molar-refractivity contribution in [2.75, 3.05) is 7.11 Å². The molecule has 0 aliphatic carbocycles. The van der Waals surface area contributed by atoms with E-state index in [0.29, 0.717) is 11.3 Å². The molecule has 0 radical (unpaired) electrons. The number of nitrogens with two attached hydrogens (primary N) is 1. The molecule has 142 valence electrons. The molecule has 0 saturated heterocycles. The minimum atomic E-state index is -4.76. The van der Waals surface area contributed by atoms with Crippen molar-refractivity contribution in [2.45, 2.75) is 11.1 Å². The summed E-state index contributed by atoms with van der Waals surface area (Å²) in [7, 11) is -2.56. The van der Waals surface area contributed by atoms with Gasteiger partial charge in [-0.2, -0.15) is 13.2 Å².